The molecular weight excluding hydrogens is 330 g/mol. The Kier molecular flexibility index (Phi) is 3.53. The lowest BCUT2D eigenvalue weighted by Crippen LogP contribution is -2.35. The van der Waals surface area contributed by atoms with Gasteiger partial charge in [0.25, 0.3) is 5.91 Å². The number of carbonyl (C=O) groups is 3. The van der Waals surface area contributed by atoms with E-state index >= 15 is 0 Å². The maximum atomic E-state index is 12.7. The summed E-state index contributed by atoms with van der Waals surface area (Å²) in [6.07, 6.45) is 3.21. The number of rotatable bonds is 3. The van der Waals surface area contributed by atoms with E-state index in [4.69, 9.17) is 11.6 Å². The third kappa shape index (κ3) is 2.28. The molecule has 0 bridgehead atoms. The average molecular weight is 348 g/mol. The Hall–Kier alpha value is -2.08. The van der Waals surface area contributed by atoms with E-state index in [2.05, 4.69) is 0 Å². The molecule has 3 aliphatic rings. The third-order valence-corrected chi connectivity index (χ3v) is 5.22. The summed E-state index contributed by atoms with van der Waals surface area (Å²) in [6, 6.07) is 4.43. The maximum absolute atomic E-state index is 12.7. The number of benzene rings is 1. The summed E-state index contributed by atoms with van der Waals surface area (Å²) in [7, 11) is 0. The molecule has 0 N–H and O–H groups in total. The minimum Gasteiger partial charge on any atom is -0.312 e. The van der Waals surface area contributed by atoms with Gasteiger partial charge in [-0.1, -0.05) is 11.6 Å². The summed E-state index contributed by atoms with van der Waals surface area (Å²) in [5.41, 5.74) is 1.04. The molecule has 1 atom stereocenters. The van der Waals surface area contributed by atoms with E-state index in [9.17, 15) is 14.4 Å². The van der Waals surface area contributed by atoms with Gasteiger partial charge < -0.3 is 9.80 Å². The lowest BCUT2D eigenvalue weighted by Gasteiger charge is -2.21. The van der Waals surface area contributed by atoms with Crippen LogP contribution in [0.4, 0.5) is 16.2 Å². The summed E-state index contributed by atoms with van der Waals surface area (Å²) in [6.45, 7) is 2.40. The van der Waals surface area contributed by atoms with E-state index in [1.165, 1.54) is 0 Å². The summed E-state index contributed by atoms with van der Waals surface area (Å²) in [5.74, 6) is -0.214. The van der Waals surface area contributed by atoms with Crippen molar-refractivity contribution >= 4 is 40.8 Å². The van der Waals surface area contributed by atoms with Gasteiger partial charge >= 0.3 is 6.03 Å². The molecular formula is C17H18ClN3O3. The van der Waals surface area contributed by atoms with Crippen LogP contribution in [0.3, 0.4) is 0 Å². The molecule has 3 fully saturated rings. The fourth-order valence-electron chi connectivity index (χ4n) is 3.49. The summed E-state index contributed by atoms with van der Waals surface area (Å²) in [4.78, 5) is 41.8. The van der Waals surface area contributed by atoms with Gasteiger partial charge in [0.05, 0.1) is 10.7 Å². The third-order valence-electron chi connectivity index (χ3n) is 4.90. The van der Waals surface area contributed by atoms with Crippen LogP contribution in [0.1, 0.15) is 32.6 Å². The lowest BCUT2D eigenvalue weighted by molar-refractivity contribution is -0.119. The Morgan fingerprint density at radius 3 is 2.54 bits per heavy atom. The normalized spacial score (nSPS) is 24.5. The van der Waals surface area contributed by atoms with Crippen LogP contribution in [-0.4, -0.2) is 41.4 Å². The summed E-state index contributed by atoms with van der Waals surface area (Å²) in [5, 5.41) is 0.331. The number of amides is 4. The van der Waals surface area contributed by atoms with E-state index in [1.54, 1.807) is 34.9 Å². The van der Waals surface area contributed by atoms with Gasteiger partial charge in [-0.15, -0.1) is 0 Å². The molecule has 1 unspecified atom stereocenters. The molecule has 1 saturated carbocycles. The maximum Gasteiger partial charge on any atom is 0.332 e. The van der Waals surface area contributed by atoms with Crippen LogP contribution in [-0.2, 0) is 9.59 Å². The van der Waals surface area contributed by atoms with E-state index in [1.807, 2.05) is 0 Å². The number of carbonyl (C=O) groups excluding carboxylic acids is 3. The number of hydrogen-bond donors (Lipinski definition) is 0. The molecule has 0 aromatic heterocycles. The van der Waals surface area contributed by atoms with Crippen molar-refractivity contribution in [3.05, 3.63) is 23.2 Å². The van der Waals surface area contributed by atoms with Gasteiger partial charge in [-0.05, 0) is 44.4 Å². The summed E-state index contributed by atoms with van der Waals surface area (Å²) < 4.78 is 0. The highest BCUT2D eigenvalue weighted by molar-refractivity contribution is 6.36. The van der Waals surface area contributed by atoms with E-state index in [0.717, 1.165) is 24.2 Å². The van der Waals surface area contributed by atoms with Crippen molar-refractivity contribution in [2.45, 2.75) is 44.7 Å². The van der Waals surface area contributed by atoms with Crippen LogP contribution in [0.5, 0.6) is 0 Å². The molecule has 2 heterocycles. The second-order valence-corrected chi connectivity index (χ2v) is 6.96. The molecule has 126 valence electrons. The summed E-state index contributed by atoms with van der Waals surface area (Å²) >= 11 is 6.27. The van der Waals surface area contributed by atoms with E-state index in [0.29, 0.717) is 29.4 Å². The number of halogens is 1. The van der Waals surface area contributed by atoms with Gasteiger partial charge in [-0.3, -0.25) is 9.59 Å². The number of urea groups is 1. The highest BCUT2D eigenvalue weighted by Crippen LogP contribution is 2.39. The van der Waals surface area contributed by atoms with Gasteiger partial charge in [0, 0.05) is 24.7 Å². The van der Waals surface area contributed by atoms with Crippen LogP contribution >= 0.6 is 11.6 Å². The SMILES string of the molecule is CC1C(=O)N(c2cc(N3CCCC3=O)ccc2Cl)C(=O)N1C1CC1. The zero-order valence-corrected chi connectivity index (χ0v) is 14.1. The van der Waals surface area contributed by atoms with Crippen molar-refractivity contribution < 1.29 is 14.4 Å². The topological polar surface area (TPSA) is 60.9 Å². The zero-order chi connectivity index (χ0) is 17.0. The molecule has 4 rings (SSSR count). The van der Waals surface area contributed by atoms with Crippen LogP contribution in [0.15, 0.2) is 18.2 Å². The van der Waals surface area contributed by atoms with Crippen molar-refractivity contribution in [1.29, 1.82) is 0 Å². The molecule has 2 saturated heterocycles. The van der Waals surface area contributed by atoms with Gasteiger partial charge in [-0.2, -0.15) is 0 Å². The Morgan fingerprint density at radius 2 is 1.92 bits per heavy atom. The van der Waals surface area contributed by atoms with Crippen LogP contribution in [0.2, 0.25) is 5.02 Å². The van der Waals surface area contributed by atoms with Gasteiger partial charge in [0.2, 0.25) is 5.91 Å². The minimum atomic E-state index is -0.474. The standard InChI is InChI=1S/C17H18ClN3O3/c1-10-16(23)21(17(24)20(10)11-4-5-11)14-9-12(6-7-13(14)18)19-8-2-3-15(19)22/h6-7,9-11H,2-5,8H2,1H3. The number of hydrogen-bond acceptors (Lipinski definition) is 3. The first-order valence-electron chi connectivity index (χ1n) is 8.25. The first-order valence-corrected chi connectivity index (χ1v) is 8.63. The molecule has 1 aromatic rings. The quantitative estimate of drug-likeness (QED) is 0.790. The van der Waals surface area contributed by atoms with Crippen molar-refractivity contribution in [3.8, 4) is 0 Å². The molecule has 0 radical (unpaired) electrons. The second-order valence-electron chi connectivity index (χ2n) is 6.56. The first-order chi connectivity index (χ1) is 11.5. The Morgan fingerprint density at radius 1 is 1.17 bits per heavy atom. The van der Waals surface area contributed by atoms with Crippen LogP contribution in [0.25, 0.3) is 0 Å². The minimum absolute atomic E-state index is 0.0512. The predicted molar refractivity (Wildman–Crippen MR) is 90.2 cm³/mol. The van der Waals surface area contributed by atoms with Gasteiger partial charge in [0.15, 0.2) is 0 Å². The molecule has 24 heavy (non-hydrogen) atoms. The fraction of sp³-hybridized carbons (Fsp3) is 0.471. The first kappa shape index (κ1) is 15.4. The molecule has 2 aliphatic heterocycles. The highest BCUT2D eigenvalue weighted by atomic mass is 35.5. The molecule has 1 aliphatic carbocycles. The molecule has 6 nitrogen and oxygen atoms in total. The van der Waals surface area contributed by atoms with Crippen molar-refractivity contribution in [1.82, 2.24) is 4.90 Å². The number of anilines is 2. The molecule has 4 amide bonds. The predicted octanol–water partition coefficient (Wildman–Crippen LogP) is 2.79. The average Bonchev–Trinajstić information content (AvgIpc) is 3.25. The largest absolute Gasteiger partial charge is 0.332 e. The Balaban J connectivity index is 1.71. The van der Waals surface area contributed by atoms with Crippen LogP contribution in [0, 0.1) is 0 Å². The van der Waals surface area contributed by atoms with Crippen molar-refractivity contribution in [2.24, 2.45) is 0 Å². The van der Waals surface area contributed by atoms with Crippen molar-refractivity contribution in [2.75, 3.05) is 16.3 Å². The van der Waals surface area contributed by atoms with E-state index < -0.39 is 6.04 Å². The van der Waals surface area contributed by atoms with Crippen LogP contribution < -0.4 is 9.80 Å². The smallest absolute Gasteiger partial charge is 0.312 e. The van der Waals surface area contributed by atoms with Crippen molar-refractivity contribution in [3.63, 3.8) is 0 Å². The van der Waals surface area contributed by atoms with E-state index in [-0.39, 0.29) is 23.9 Å². The second kappa shape index (κ2) is 5.48. The molecule has 7 heteroatoms. The lowest BCUT2D eigenvalue weighted by atomic mass is 10.2. The Labute approximate surface area is 144 Å². The number of nitrogens with zero attached hydrogens (tertiary/aromatic N) is 3. The van der Waals surface area contributed by atoms with Gasteiger partial charge in [0.1, 0.15) is 6.04 Å². The highest BCUT2D eigenvalue weighted by Gasteiger charge is 2.49. The van der Waals surface area contributed by atoms with Gasteiger partial charge in [-0.25, -0.2) is 9.69 Å². The molecule has 1 aromatic carbocycles. The molecule has 0 spiro atoms. The zero-order valence-electron chi connectivity index (χ0n) is 13.4. The monoisotopic (exact) mass is 347 g/mol. The Bertz CT molecular complexity index is 747. The number of imide groups is 1. The fourth-order valence-corrected chi connectivity index (χ4v) is 3.69.